The van der Waals surface area contributed by atoms with E-state index in [4.69, 9.17) is 16.0 Å². The number of halogens is 1. The van der Waals surface area contributed by atoms with Gasteiger partial charge in [-0.15, -0.1) is 10.2 Å². The van der Waals surface area contributed by atoms with E-state index in [1.54, 1.807) is 59.4 Å². The maximum Gasteiger partial charge on any atom is 0.337 e. The molecule has 162 valence electrons. The smallest absolute Gasteiger partial charge is 0.337 e. The van der Waals surface area contributed by atoms with Gasteiger partial charge in [0.25, 0.3) is 0 Å². The Morgan fingerprint density at radius 1 is 1.09 bits per heavy atom. The molecule has 0 saturated carbocycles. The topological polar surface area (TPSA) is 99.2 Å². The highest BCUT2D eigenvalue weighted by Gasteiger charge is 2.19. The highest BCUT2D eigenvalue weighted by molar-refractivity contribution is 7.99. The largest absolute Gasteiger partial charge is 0.465 e. The second-order valence-corrected chi connectivity index (χ2v) is 7.88. The van der Waals surface area contributed by atoms with Crippen LogP contribution in [0.5, 0.6) is 0 Å². The average Bonchev–Trinajstić information content (AvgIpc) is 3.48. The summed E-state index contributed by atoms with van der Waals surface area (Å²) in [6.45, 7) is 0. The third-order valence-corrected chi connectivity index (χ3v) is 5.56. The number of aromatic nitrogens is 3. The minimum absolute atomic E-state index is 0.0998. The third-order valence-electron chi connectivity index (χ3n) is 4.38. The molecule has 1 amide bonds. The summed E-state index contributed by atoms with van der Waals surface area (Å²) in [5, 5.41) is 12.4. The monoisotopic (exact) mass is 468 g/mol. The number of rotatable bonds is 7. The number of ether oxygens (including phenoxy) is 1. The van der Waals surface area contributed by atoms with Crippen LogP contribution in [0.3, 0.4) is 0 Å². The van der Waals surface area contributed by atoms with Crippen LogP contribution < -0.4 is 5.32 Å². The number of carbonyl (C=O) groups is 2. The van der Waals surface area contributed by atoms with Gasteiger partial charge in [-0.05, 0) is 60.7 Å². The number of benzene rings is 2. The number of anilines is 1. The zero-order valence-corrected chi connectivity index (χ0v) is 18.4. The Labute approximate surface area is 192 Å². The lowest BCUT2D eigenvalue weighted by molar-refractivity contribution is -0.113. The van der Waals surface area contributed by atoms with Crippen LogP contribution in [0, 0.1) is 0 Å². The van der Waals surface area contributed by atoms with Gasteiger partial charge >= 0.3 is 5.97 Å². The van der Waals surface area contributed by atoms with E-state index in [1.165, 1.54) is 18.9 Å². The van der Waals surface area contributed by atoms with Gasteiger partial charge in [0, 0.05) is 16.4 Å². The number of hydrogen-bond acceptors (Lipinski definition) is 7. The molecule has 2 aromatic heterocycles. The van der Waals surface area contributed by atoms with Gasteiger partial charge in [-0.3, -0.25) is 9.36 Å². The number of carbonyl (C=O) groups excluding carboxylic acids is 2. The average molecular weight is 469 g/mol. The molecular weight excluding hydrogens is 452 g/mol. The molecule has 4 rings (SSSR count). The third kappa shape index (κ3) is 4.84. The van der Waals surface area contributed by atoms with Crippen molar-refractivity contribution in [2.75, 3.05) is 18.2 Å². The maximum absolute atomic E-state index is 12.5. The minimum atomic E-state index is -0.438. The first-order valence-corrected chi connectivity index (χ1v) is 10.8. The molecule has 0 aliphatic heterocycles. The van der Waals surface area contributed by atoms with Gasteiger partial charge in [0.05, 0.1) is 24.7 Å². The van der Waals surface area contributed by atoms with Gasteiger partial charge in [-0.1, -0.05) is 23.4 Å². The number of thioether (sulfide) groups is 1. The minimum Gasteiger partial charge on any atom is -0.465 e. The summed E-state index contributed by atoms with van der Waals surface area (Å²) in [5.74, 6) is 0.495. The van der Waals surface area contributed by atoms with E-state index in [0.29, 0.717) is 33.0 Å². The van der Waals surface area contributed by atoms with Crippen LogP contribution in [-0.2, 0) is 9.53 Å². The van der Waals surface area contributed by atoms with Crippen molar-refractivity contribution in [3.8, 4) is 17.3 Å². The fourth-order valence-electron chi connectivity index (χ4n) is 2.89. The molecule has 2 aromatic carbocycles. The second kappa shape index (κ2) is 9.71. The Kier molecular flexibility index (Phi) is 6.58. The van der Waals surface area contributed by atoms with Crippen LogP contribution in [-0.4, -0.2) is 39.5 Å². The van der Waals surface area contributed by atoms with Crippen molar-refractivity contribution in [2.45, 2.75) is 5.16 Å². The SMILES string of the molecule is COC(=O)c1ccc(NC(=O)CSc2nnc(-c3ccco3)n2-c2ccc(Cl)cc2)cc1. The van der Waals surface area contributed by atoms with Gasteiger partial charge in [0.2, 0.25) is 11.7 Å². The van der Waals surface area contributed by atoms with Crippen molar-refractivity contribution in [1.82, 2.24) is 14.8 Å². The summed E-state index contributed by atoms with van der Waals surface area (Å²) in [4.78, 5) is 24.0. The molecule has 32 heavy (non-hydrogen) atoms. The number of esters is 1. The second-order valence-electron chi connectivity index (χ2n) is 6.50. The Balaban J connectivity index is 1.50. The molecule has 0 atom stereocenters. The van der Waals surface area contributed by atoms with Crippen molar-refractivity contribution in [3.05, 3.63) is 77.5 Å². The first-order valence-electron chi connectivity index (χ1n) is 9.41. The van der Waals surface area contributed by atoms with E-state index in [9.17, 15) is 9.59 Å². The zero-order chi connectivity index (χ0) is 22.5. The van der Waals surface area contributed by atoms with E-state index in [2.05, 4.69) is 20.3 Å². The van der Waals surface area contributed by atoms with Crippen molar-refractivity contribution in [1.29, 1.82) is 0 Å². The lowest BCUT2D eigenvalue weighted by Gasteiger charge is -2.10. The van der Waals surface area contributed by atoms with Crippen molar-refractivity contribution in [2.24, 2.45) is 0 Å². The fraction of sp³-hybridized carbons (Fsp3) is 0.0909. The molecule has 0 unspecified atom stereocenters. The Morgan fingerprint density at radius 3 is 2.50 bits per heavy atom. The number of amides is 1. The maximum atomic E-state index is 12.5. The van der Waals surface area contributed by atoms with Gasteiger partial charge in [0.1, 0.15) is 0 Å². The molecule has 10 heteroatoms. The fourth-order valence-corrected chi connectivity index (χ4v) is 3.76. The molecule has 4 aromatic rings. The van der Waals surface area contributed by atoms with E-state index >= 15 is 0 Å². The van der Waals surface area contributed by atoms with Gasteiger partial charge in [-0.2, -0.15) is 0 Å². The summed E-state index contributed by atoms with van der Waals surface area (Å²) in [5.41, 5.74) is 1.76. The van der Waals surface area contributed by atoms with E-state index < -0.39 is 5.97 Å². The molecule has 0 bridgehead atoms. The van der Waals surface area contributed by atoms with E-state index in [1.807, 2.05) is 12.1 Å². The molecule has 1 N–H and O–H groups in total. The van der Waals surface area contributed by atoms with Gasteiger partial charge < -0.3 is 14.5 Å². The van der Waals surface area contributed by atoms with E-state index in [-0.39, 0.29) is 11.7 Å². The van der Waals surface area contributed by atoms with Crippen LogP contribution in [0.25, 0.3) is 17.3 Å². The Morgan fingerprint density at radius 2 is 1.84 bits per heavy atom. The number of methoxy groups -OCH3 is 1. The van der Waals surface area contributed by atoms with Crippen molar-refractivity contribution < 1.29 is 18.7 Å². The Hall–Kier alpha value is -3.56. The van der Waals surface area contributed by atoms with Gasteiger partial charge in [-0.25, -0.2) is 4.79 Å². The molecular formula is C22H17ClN4O4S. The van der Waals surface area contributed by atoms with Gasteiger partial charge in [0.15, 0.2) is 10.9 Å². The lowest BCUT2D eigenvalue weighted by atomic mass is 10.2. The molecule has 0 spiro atoms. The molecule has 0 fully saturated rings. The van der Waals surface area contributed by atoms with Crippen LogP contribution >= 0.6 is 23.4 Å². The molecule has 8 nitrogen and oxygen atoms in total. The number of hydrogen-bond donors (Lipinski definition) is 1. The highest BCUT2D eigenvalue weighted by atomic mass is 35.5. The normalized spacial score (nSPS) is 10.7. The number of nitrogens with one attached hydrogen (secondary N) is 1. The molecule has 2 heterocycles. The predicted molar refractivity (Wildman–Crippen MR) is 121 cm³/mol. The molecule has 0 radical (unpaired) electrons. The molecule has 0 aliphatic carbocycles. The van der Waals surface area contributed by atoms with Crippen LogP contribution in [0.2, 0.25) is 5.02 Å². The number of furan rings is 1. The highest BCUT2D eigenvalue weighted by Crippen LogP contribution is 2.29. The summed E-state index contributed by atoms with van der Waals surface area (Å²) >= 11 is 7.26. The number of nitrogens with zero attached hydrogens (tertiary/aromatic N) is 3. The summed E-state index contributed by atoms with van der Waals surface area (Å²) in [6, 6.07) is 17.2. The zero-order valence-electron chi connectivity index (χ0n) is 16.8. The van der Waals surface area contributed by atoms with Crippen LogP contribution in [0.4, 0.5) is 5.69 Å². The summed E-state index contributed by atoms with van der Waals surface area (Å²) in [6.07, 6.45) is 1.56. The van der Waals surface area contributed by atoms with Crippen molar-refractivity contribution >= 4 is 40.9 Å². The van der Waals surface area contributed by atoms with Crippen LogP contribution in [0.15, 0.2) is 76.5 Å². The Bertz CT molecular complexity index is 1220. The van der Waals surface area contributed by atoms with Crippen molar-refractivity contribution in [3.63, 3.8) is 0 Å². The first kappa shape index (κ1) is 21.7. The quantitative estimate of drug-likeness (QED) is 0.310. The summed E-state index contributed by atoms with van der Waals surface area (Å²) < 4.78 is 12.0. The molecule has 0 aliphatic rings. The first-order chi connectivity index (χ1) is 15.5. The van der Waals surface area contributed by atoms with E-state index in [0.717, 1.165) is 5.69 Å². The van der Waals surface area contributed by atoms with Crippen LogP contribution in [0.1, 0.15) is 10.4 Å². The summed E-state index contributed by atoms with van der Waals surface area (Å²) in [7, 11) is 1.31. The lowest BCUT2D eigenvalue weighted by Crippen LogP contribution is -2.14. The molecule has 0 saturated heterocycles. The predicted octanol–water partition coefficient (Wildman–Crippen LogP) is 4.70. The standard InChI is InChI=1S/C22H17ClN4O4S/c1-30-21(29)14-4-8-16(9-5-14)24-19(28)13-32-22-26-25-20(18-3-2-12-31-18)27(22)17-10-6-15(23)7-11-17/h2-12H,13H2,1H3,(H,24,28).